The Morgan fingerprint density at radius 2 is 1.62 bits per heavy atom. The van der Waals surface area contributed by atoms with Crippen molar-refractivity contribution in [3.05, 3.63) is 59.2 Å². The number of amides is 1. The number of methoxy groups -OCH3 is 2. The molecule has 0 spiro atoms. The van der Waals surface area contributed by atoms with E-state index >= 15 is 0 Å². The van der Waals surface area contributed by atoms with Gasteiger partial charge in [-0.25, -0.2) is 0 Å². The second-order valence-corrected chi connectivity index (χ2v) is 6.89. The molecule has 1 fully saturated rings. The summed E-state index contributed by atoms with van der Waals surface area (Å²) in [5.74, 6) is 1.10. The van der Waals surface area contributed by atoms with E-state index in [-0.39, 0.29) is 5.91 Å². The summed E-state index contributed by atoms with van der Waals surface area (Å²) in [6.07, 6.45) is 1.08. The number of fused-ring (bicyclic) bond motifs is 1. The first kappa shape index (κ1) is 16.9. The predicted octanol–water partition coefficient (Wildman–Crippen LogP) is 2.59. The lowest BCUT2D eigenvalue weighted by Crippen LogP contribution is -2.61. The Hall–Kier alpha value is -2.53. The fourth-order valence-corrected chi connectivity index (χ4v) is 3.90. The normalized spacial score (nSPS) is 17.4. The largest absolute Gasteiger partial charge is 0.496 e. The molecule has 136 valence electrons. The van der Waals surface area contributed by atoms with Crippen molar-refractivity contribution in [3.63, 3.8) is 0 Å². The molecule has 2 heterocycles. The van der Waals surface area contributed by atoms with Crippen molar-refractivity contribution in [2.24, 2.45) is 0 Å². The van der Waals surface area contributed by atoms with Gasteiger partial charge in [-0.15, -0.1) is 0 Å². The highest BCUT2D eigenvalue weighted by molar-refractivity contribution is 6.00. The van der Waals surface area contributed by atoms with E-state index in [0.717, 1.165) is 32.6 Å². The van der Waals surface area contributed by atoms with Gasteiger partial charge in [0.1, 0.15) is 17.1 Å². The molecule has 26 heavy (non-hydrogen) atoms. The Labute approximate surface area is 154 Å². The van der Waals surface area contributed by atoms with Crippen LogP contribution in [0, 0.1) is 0 Å². The van der Waals surface area contributed by atoms with Gasteiger partial charge in [-0.1, -0.05) is 30.3 Å². The van der Waals surface area contributed by atoms with E-state index in [4.69, 9.17) is 9.47 Å². The Bertz CT molecular complexity index is 792. The molecule has 2 aliphatic heterocycles. The molecular formula is C21H24N2O3. The molecule has 1 saturated heterocycles. The first-order valence-electron chi connectivity index (χ1n) is 9.02. The molecule has 1 amide bonds. The summed E-state index contributed by atoms with van der Waals surface area (Å²) < 4.78 is 10.7. The van der Waals surface area contributed by atoms with Crippen molar-refractivity contribution in [2.45, 2.75) is 19.0 Å². The van der Waals surface area contributed by atoms with Crippen molar-refractivity contribution in [1.82, 2.24) is 9.80 Å². The van der Waals surface area contributed by atoms with Crippen LogP contribution in [0.2, 0.25) is 0 Å². The first-order valence-corrected chi connectivity index (χ1v) is 9.02. The summed E-state index contributed by atoms with van der Waals surface area (Å²) in [7, 11) is 3.16. The Kier molecular flexibility index (Phi) is 4.55. The van der Waals surface area contributed by atoms with E-state index in [9.17, 15) is 4.79 Å². The third-order valence-corrected chi connectivity index (χ3v) is 5.47. The van der Waals surface area contributed by atoms with E-state index < -0.39 is 0 Å². The van der Waals surface area contributed by atoms with Crippen LogP contribution in [0.15, 0.2) is 42.5 Å². The molecule has 2 aromatic rings. The van der Waals surface area contributed by atoms with Crippen molar-refractivity contribution >= 4 is 5.91 Å². The number of hydrogen-bond acceptors (Lipinski definition) is 4. The number of carbonyl (C=O) groups is 1. The second kappa shape index (κ2) is 7.00. The van der Waals surface area contributed by atoms with Crippen molar-refractivity contribution in [2.75, 3.05) is 33.9 Å². The van der Waals surface area contributed by atoms with Gasteiger partial charge in [0, 0.05) is 32.2 Å². The zero-order valence-electron chi connectivity index (χ0n) is 15.3. The minimum atomic E-state index is -0.0204. The molecule has 2 aliphatic rings. The number of carbonyl (C=O) groups excluding carboxylic acids is 1. The maximum atomic E-state index is 13.0. The molecule has 4 rings (SSSR count). The van der Waals surface area contributed by atoms with Crippen LogP contribution in [0.5, 0.6) is 11.5 Å². The summed E-state index contributed by atoms with van der Waals surface area (Å²) in [6, 6.07) is 14.5. The zero-order valence-corrected chi connectivity index (χ0v) is 15.3. The fourth-order valence-electron chi connectivity index (χ4n) is 3.90. The topological polar surface area (TPSA) is 42.0 Å². The van der Waals surface area contributed by atoms with Crippen LogP contribution in [-0.2, 0) is 13.0 Å². The van der Waals surface area contributed by atoms with Gasteiger partial charge >= 0.3 is 0 Å². The second-order valence-electron chi connectivity index (χ2n) is 6.89. The lowest BCUT2D eigenvalue weighted by molar-refractivity contribution is 0.0214. The Morgan fingerprint density at radius 1 is 0.962 bits per heavy atom. The lowest BCUT2D eigenvalue weighted by atomic mass is 9.96. The summed E-state index contributed by atoms with van der Waals surface area (Å²) in [5, 5.41) is 0. The van der Waals surface area contributed by atoms with Gasteiger partial charge in [-0.05, 0) is 29.7 Å². The van der Waals surface area contributed by atoms with Gasteiger partial charge in [-0.3, -0.25) is 9.69 Å². The quantitative estimate of drug-likeness (QED) is 0.848. The number of ether oxygens (including phenoxy) is 2. The average Bonchev–Trinajstić information content (AvgIpc) is 2.65. The summed E-state index contributed by atoms with van der Waals surface area (Å²) in [5.41, 5.74) is 3.38. The molecule has 0 aromatic heterocycles. The molecular weight excluding hydrogens is 328 g/mol. The lowest BCUT2D eigenvalue weighted by Gasteiger charge is -2.47. The van der Waals surface area contributed by atoms with Crippen LogP contribution in [0.4, 0.5) is 0 Å². The third kappa shape index (κ3) is 2.92. The standard InChI is InChI=1S/C21H24N2O3/c1-25-18-8-5-9-19(26-2)20(18)21(24)23-13-17(14-23)22-11-10-15-6-3-4-7-16(15)12-22/h3-9,17H,10-14H2,1-2H3. The summed E-state index contributed by atoms with van der Waals surface area (Å²) in [4.78, 5) is 17.3. The van der Waals surface area contributed by atoms with E-state index in [0.29, 0.717) is 23.1 Å². The summed E-state index contributed by atoms with van der Waals surface area (Å²) in [6.45, 7) is 3.53. The minimum absolute atomic E-state index is 0.0204. The van der Waals surface area contributed by atoms with Crippen LogP contribution < -0.4 is 9.47 Å². The molecule has 0 aliphatic carbocycles. The number of nitrogens with zero attached hydrogens (tertiary/aromatic N) is 2. The van der Waals surface area contributed by atoms with Crippen LogP contribution >= 0.6 is 0 Å². The number of benzene rings is 2. The zero-order chi connectivity index (χ0) is 18.1. The van der Waals surface area contributed by atoms with Crippen LogP contribution in [0.25, 0.3) is 0 Å². The summed E-state index contributed by atoms with van der Waals surface area (Å²) >= 11 is 0. The van der Waals surface area contributed by atoms with Gasteiger partial charge in [0.05, 0.1) is 14.2 Å². The molecule has 0 N–H and O–H groups in total. The van der Waals surface area contributed by atoms with E-state index in [2.05, 4.69) is 29.2 Å². The Balaban J connectivity index is 1.44. The van der Waals surface area contributed by atoms with Crippen molar-refractivity contribution in [1.29, 1.82) is 0 Å². The van der Waals surface area contributed by atoms with E-state index in [1.165, 1.54) is 11.1 Å². The molecule has 0 saturated carbocycles. The monoisotopic (exact) mass is 352 g/mol. The highest BCUT2D eigenvalue weighted by atomic mass is 16.5. The third-order valence-electron chi connectivity index (χ3n) is 5.47. The molecule has 0 unspecified atom stereocenters. The smallest absolute Gasteiger partial charge is 0.261 e. The molecule has 0 bridgehead atoms. The maximum Gasteiger partial charge on any atom is 0.261 e. The minimum Gasteiger partial charge on any atom is -0.496 e. The molecule has 0 radical (unpaired) electrons. The molecule has 2 aromatic carbocycles. The van der Waals surface area contributed by atoms with Gasteiger partial charge in [0.25, 0.3) is 5.91 Å². The Morgan fingerprint density at radius 3 is 2.27 bits per heavy atom. The number of hydrogen-bond donors (Lipinski definition) is 0. The van der Waals surface area contributed by atoms with Crippen molar-refractivity contribution in [3.8, 4) is 11.5 Å². The van der Waals surface area contributed by atoms with Crippen LogP contribution in [0.1, 0.15) is 21.5 Å². The van der Waals surface area contributed by atoms with Gasteiger partial charge < -0.3 is 14.4 Å². The van der Waals surface area contributed by atoms with Crippen LogP contribution in [-0.4, -0.2) is 55.6 Å². The molecule has 5 nitrogen and oxygen atoms in total. The van der Waals surface area contributed by atoms with Gasteiger partial charge in [-0.2, -0.15) is 0 Å². The highest BCUT2D eigenvalue weighted by Crippen LogP contribution is 2.32. The van der Waals surface area contributed by atoms with E-state index in [1.807, 2.05) is 11.0 Å². The van der Waals surface area contributed by atoms with E-state index in [1.54, 1.807) is 26.4 Å². The maximum absolute atomic E-state index is 13.0. The fraction of sp³-hybridized carbons (Fsp3) is 0.381. The first-order chi connectivity index (χ1) is 12.7. The predicted molar refractivity (Wildman–Crippen MR) is 99.8 cm³/mol. The van der Waals surface area contributed by atoms with Crippen LogP contribution in [0.3, 0.4) is 0 Å². The number of rotatable bonds is 4. The highest BCUT2D eigenvalue weighted by Gasteiger charge is 2.38. The van der Waals surface area contributed by atoms with Crippen molar-refractivity contribution < 1.29 is 14.3 Å². The number of likely N-dealkylation sites (tertiary alicyclic amines) is 1. The molecule has 5 heteroatoms. The van der Waals surface area contributed by atoms with Gasteiger partial charge in [0.15, 0.2) is 0 Å². The molecule has 0 atom stereocenters. The SMILES string of the molecule is COc1cccc(OC)c1C(=O)N1CC(N2CCc3ccccc3C2)C1. The average molecular weight is 352 g/mol. The van der Waals surface area contributed by atoms with Gasteiger partial charge in [0.2, 0.25) is 0 Å².